The molecule has 0 rings (SSSR count). The summed E-state index contributed by atoms with van der Waals surface area (Å²) < 4.78 is 0. The van der Waals surface area contributed by atoms with Crippen LogP contribution in [-0.2, 0) is 0 Å². The van der Waals surface area contributed by atoms with E-state index in [0.29, 0.717) is 4.99 Å². The van der Waals surface area contributed by atoms with Crippen LogP contribution in [0.5, 0.6) is 0 Å². The Hall–Kier alpha value is 0.200. The molecule has 0 aliphatic rings. The van der Waals surface area contributed by atoms with Gasteiger partial charge in [-0.2, -0.15) is 11.8 Å². The summed E-state index contributed by atoms with van der Waals surface area (Å²) in [6, 6.07) is 0. The van der Waals surface area contributed by atoms with E-state index in [4.69, 9.17) is 18.0 Å². The second kappa shape index (κ2) is 5.95. The molecule has 0 aliphatic carbocycles. The molecule has 0 fully saturated rings. The van der Waals surface area contributed by atoms with E-state index in [0.717, 1.165) is 18.8 Å². The van der Waals surface area contributed by atoms with Crippen LogP contribution < -0.4 is 5.73 Å². The van der Waals surface area contributed by atoms with Gasteiger partial charge < -0.3 is 5.73 Å². The summed E-state index contributed by atoms with van der Waals surface area (Å²) in [6.45, 7) is 1.79. The van der Waals surface area contributed by atoms with Crippen LogP contribution in [0.3, 0.4) is 0 Å². The molecule has 2 nitrogen and oxygen atoms in total. The molecule has 0 saturated carbocycles. The first kappa shape index (κ1) is 10.2. The molecule has 0 spiro atoms. The minimum Gasteiger partial charge on any atom is -0.392 e. The van der Waals surface area contributed by atoms with E-state index in [2.05, 4.69) is 11.2 Å². The van der Waals surface area contributed by atoms with Crippen molar-refractivity contribution >= 4 is 29.0 Å². The van der Waals surface area contributed by atoms with Crippen molar-refractivity contribution < 1.29 is 0 Å². The number of thioether (sulfide) groups is 1. The smallest absolute Gasteiger partial charge is 0.0869 e. The van der Waals surface area contributed by atoms with Crippen LogP contribution in [-0.4, -0.2) is 42.0 Å². The molecule has 4 heteroatoms. The Morgan fingerprint density at radius 1 is 1.70 bits per heavy atom. The predicted molar refractivity (Wildman–Crippen MR) is 52.7 cm³/mol. The van der Waals surface area contributed by atoms with Crippen LogP contribution in [0, 0.1) is 0 Å². The molecule has 0 amide bonds. The number of nitrogens with two attached hydrogens (primary N) is 1. The number of hydrogen-bond acceptors (Lipinski definition) is 3. The lowest BCUT2D eigenvalue weighted by Crippen LogP contribution is -2.30. The van der Waals surface area contributed by atoms with Crippen LogP contribution in [0.1, 0.15) is 0 Å². The van der Waals surface area contributed by atoms with Gasteiger partial charge in [0.1, 0.15) is 0 Å². The zero-order valence-corrected chi connectivity index (χ0v) is 8.10. The van der Waals surface area contributed by atoms with E-state index in [-0.39, 0.29) is 0 Å². The van der Waals surface area contributed by atoms with Gasteiger partial charge in [-0.1, -0.05) is 12.2 Å². The van der Waals surface area contributed by atoms with Gasteiger partial charge in [0.15, 0.2) is 0 Å². The highest BCUT2D eigenvalue weighted by Crippen LogP contribution is 1.92. The van der Waals surface area contributed by atoms with Crippen molar-refractivity contribution in [2.45, 2.75) is 0 Å². The Balaban J connectivity index is 3.25. The summed E-state index contributed by atoms with van der Waals surface area (Å²) >= 11 is 6.58. The molecule has 0 saturated heterocycles. The van der Waals surface area contributed by atoms with Crippen molar-refractivity contribution in [2.24, 2.45) is 5.73 Å². The van der Waals surface area contributed by atoms with Crippen LogP contribution in [0.2, 0.25) is 0 Å². The second-order valence-electron chi connectivity index (χ2n) is 2.20. The molecule has 0 aromatic heterocycles. The van der Waals surface area contributed by atoms with Crippen molar-refractivity contribution in [3.63, 3.8) is 0 Å². The van der Waals surface area contributed by atoms with E-state index in [1.165, 1.54) is 0 Å². The van der Waals surface area contributed by atoms with Gasteiger partial charge in [0.05, 0.1) is 4.99 Å². The third kappa shape index (κ3) is 6.32. The standard InChI is InChI=1S/C6H14N2S2/c1-8(3-4-10-2)5-6(7)9/h3-5H2,1-2H3,(H2,7,9). The average molecular weight is 178 g/mol. The van der Waals surface area contributed by atoms with Crippen molar-refractivity contribution in [1.29, 1.82) is 0 Å². The number of hydrogen-bond donors (Lipinski definition) is 1. The molecule has 10 heavy (non-hydrogen) atoms. The van der Waals surface area contributed by atoms with E-state index < -0.39 is 0 Å². The van der Waals surface area contributed by atoms with E-state index >= 15 is 0 Å². The van der Waals surface area contributed by atoms with Crippen molar-refractivity contribution in [3.8, 4) is 0 Å². The van der Waals surface area contributed by atoms with E-state index in [9.17, 15) is 0 Å². The fourth-order valence-corrected chi connectivity index (χ4v) is 1.31. The maximum atomic E-state index is 5.35. The lowest BCUT2D eigenvalue weighted by molar-refractivity contribution is 0.408. The molecule has 0 atom stereocenters. The summed E-state index contributed by atoms with van der Waals surface area (Å²) in [5.41, 5.74) is 5.35. The van der Waals surface area contributed by atoms with E-state index in [1.807, 2.05) is 18.8 Å². The summed E-state index contributed by atoms with van der Waals surface area (Å²) in [7, 11) is 2.02. The van der Waals surface area contributed by atoms with Gasteiger partial charge >= 0.3 is 0 Å². The Bertz CT molecular complexity index is 106. The second-order valence-corrected chi connectivity index (χ2v) is 3.71. The quantitative estimate of drug-likeness (QED) is 0.623. The molecule has 0 radical (unpaired) electrons. The third-order valence-corrected chi connectivity index (χ3v) is 1.82. The zero-order valence-electron chi connectivity index (χ0n) is 6.46. The molecule has 0 aromatic rings. The van der Waals surface area contributed by atoms with Crippen LogP contribution in [0.25, 0.3) is 0 Å². The highest BCUT2D eigenvalue weighted by Gasteiger charge is 1.97. The van der Waals surface area contributed by atoms with Crippen molar-refractivity contribution in [1.82, 2.24) is 4.90 Å². The lowest BCUT2D eigenvalue weighted by atomic mass is 10.5. The topological polar surface area (TPSA) is 29.3 Å². The van der Waals surface area contributed by atoms with Gasteiger partial charge in [0.25, 0.3) is 0 Å². The third-order valence-electron chi connectivity index (χ3n) is 1.10. The Morgan fingerprint density at radius 3 is 2.70 bits per heavy atom. The fourth-order valence-electron chi connectivity index (χ4n) is 0.592. The van der Waals surface area contributed by atoms with Crippen molar-refractivity contribution in [3.05, 3.63) is 0 Å². The highest BCUT2D eigenvalue weighted by molar-refractivity contribution is 7.98. The SMILES string of the molecule is CSCCN(C)CC(N)=S. The minimum atomic E-state index is 0.573. The number of likely N-dealkylation sites (N-methyl/N-ethyl adjacent to an activating group) is 1. The summed E-state index contributed by atoms with van der Waals surface area (Å²) in [5, 5.41) is 0. The first-order chi connectivity index (χ1) is 4.66. The highest BCUT2D eigenvalue weighted by atomic mass is 32.2. The first-order valence-corrected chi connectivity index (χ1v) is 4.93. The van der Waals surface area contributed by atoms with Crippen molar-refractivity contribution in [2.75, 3.05) is 32.1 Å². The first-order valence-electron chi connectivity index (χ1n) is 3.12. The predicted octanol–water partition coefficient (Wildman–Crippen LogP) is 0.567. The van der Waals surface area contributed by atoms with E-state index in [1.54, 1.807) is 0 Å². The molecule has 0 unspecified atom stereocenters. The molecular formula is C6H14N2S2. The van der Waals surface area contributed by atoms with Gasteiger partial charge in [-0.3, -0.25) is 4.90 Å². The molecule has 60 valence electrons. The fraction of sp³-hybridized carbons (Fsp3) is 0.833. The molecule has 0 aliphatic heterocycles. The monoisotopic (exact) mass is 178 g/mol. The van der Waals surface area contributed by atoms with Gasteiger partial charge in [-0.15, -0.1) is 0 Å². The zero-order chi connectivity index (χ0) is 7.98. The van der Waals surface area contributed by atoms with Crippen LogP contribution in [0.4, 0.5) is 0 Å². The molecule has 0 bridgehead atoms. The summed E-state index contributed by atoms with van der Waals surface area (Å²) in [6.07, 6.45) is 2.09. The Morgan fingerprint density at radius 2 is 2.30 bits per heavy atom. The Labute approximate surface area is 72.1 Å². The molecule has 0 aromatic carbocycles. The lowest BCUT2D eigenvalue weighted by Gasteiger charge is -2.13. The van der Waals surface area contributed by atoms with Crippen LogP contribution in [0.15, 0.2) is 0 Å². The maximum absolute atomic E-state index is 5.35. The van der Waals surface area contributed by atoms with Gasteiger partial charge in [0.2, 0.25) is 0 Å². The number of thiocarbonyl (C=S) groups is 1. The molecule has 0 heterocycles. The normalized spacial score (nSPS) is 10.3. The molecular weight excluding hydrogens is 164 g/mol. The van der Waals surface area contributed by atoms with Gasteiger partial charge in [-0.25, -0.2) is 0 Å². The Kier molecular flexibility index (Phi) is 6.06. The largest absolute Gasteiger partial charge is 0.392 e. The van der Waals surface area contributed by atoms with Gasteiger partial charge in [-0.05, 0) is 13.3 Å². The average Bonchev–Trinajstić information content (AvgIpc) is 1.82. The molecule has 2 N–H and O–H groups in total. The summed E-state index contributed by atoms with van der Waals surface area (Å²) in [5.74, 6) is 1.14. The van der Waals surface area contributed by atoms with Crippen LogP contribution >= 0.6 is 24.0 Å². The van der Waals surface area contributed by atoms with Gasteiger partial charge in [0, 0.05) is 18.8 Å². The number of rotatable bonds is 5. The minimum absolute atomic E-state index is 0.573. The maximum Gasteiger partial charge on any atom is 0.0869 e. The number of nitrogens with zero attached hydrogens (tertiary/aromatic N) is 1. The summed E-state index contributed by atoms with van der Waals surface area (Å²) in [4.78, 5) is 2.70.